The van der Waals surface area contributed by atoms with Crippen LogP contribution < -0.4 is 11.6 Å². The van der Waals surface area contributed by atoms with Gasteiger partial charge in [0.2, 0.25) is 0 Å². The number of sulfone groups is 1. The fourth-order valence-electron chi connectivity index (χ4n) is 5.08. The van der Waals surface area contributed by atoms with Crippen molar-refractivity contribution in [3.8, 4) is 0 Å². The Morgan fingerprint density at radius 2 is 1.94 bits per heavy atom. The number of hydrazine groups is 1. The molecule has 4 rings (SSSR count). The van der Waals surface area contributed by atoms with E-state index >= 15 is 0 Å². The molecule has 0 aliphatic carbocycles. The summed E-state index contributed by atoms with van der Waals surface area (Å²) < 4.78 is 23.0. The molecule has 34 heavy (non-hydrogen) atoms. The highest BCUT2D eigenvalue weighted by Crippen LogP contribution is 2.38. The van der Waals surface area contributed by atoms with Crippen molar-refractivity contribution < 1.29 is 8.42 Å². The maximum Gasteiger partial charge on any atom is 0.148 e. The lowest BCUT2D eigenvalue weighted by atomic mass is 9.87. The molecule has 8 heteroatoms. The van der Waals surface area contributed by atoms with Gasteiger partial charge in [0.1, 0.15) is 9.84 Å². The molecule has 1 aromatic carbocycles. The van der Waals surface area contributed by atoms with Crippen molar-refractivity contribution in [3.63, 3.8) is 0 Å². The van der Waals surface area contributed by atoms with Crippen molar-refractivity contribution in [3.05, 3.63) is 64.8 Å². The molecule has 0 saturated carbocycles. The molecule has 0 amide bonds. The van der Waals surface area contributed by atoms with Gasteiger partial charge in [-0.05, 0) is 80.1 Å². The summed E-state index contributed by atoms with van der Waals surface area (Å²) in [6.45, 7) is 8.82. The minimum Gasteiger partial charge on any atom is -0.401 e. The van der Waals surface area contributed by atoms with Crippen LogP contribution in [0.3, 0.4) is 0 Å². The van der Waals surface area contributed by atoms with E-state index in [1.165, 1.54) is 22.8 Å². The first kappa shape index (κ1) is 24.6. The van der Waals surface area contributed by atoms with Crippen molar-refractivity contribution in [1.82, 2.24) is 14.9 Å². The molecule has 2 aromatic rings. The Hall–Kier alpha value is -2.55. The number of aromatic nitrogens is 1. The van der Waals surface area contributed by atoms with Gasteiger partial charge in [-0.2, -0.15) is 0 Å². The number of benzene rings is 1. The van der Waals surface area contributed by atoms with Crippen molar-refractivity contribution in [2.45, 2.75) is 45.4 Å². The van der Waals surface area contributed by atoms with Crippen molar-refractivity contribution in [2.24, 2.45) is 11.6 Å². The van der Waals surface area contributed by atoms with E-state index in [1.54, 1.807) is 5.01 Å². The van der Waals surface area contributed by atoms with E-state index in [0.29, 0.717) is 24.1 Å². The fourth-order valence-corrected chi connectivity index (χ4v) is 5.67. The van der Waals surface area contributed by atoms with Crippen LogP contribution in [0.25, 0.3) is 16.5 Å². The van der Waals surface area contributed by atoms with Crippen LogP contribution in [0.15, 0.2) is 47.9 Å². The van der Waals surface area contributed by atoms with Gasteiger partial charge in [0, 0.05) is 41.2 Å². The summed E-state index contributed by atoms with van der Waals surface area (Å²) >= 11 is 0. The number of likely N-dealkylation sites (tertiary alicyclic amines) is 1. The number of hydrogen-bond donors (Lipinski definition) is 3. The molecule has 1 fully saturated rings. The molecule has 7 nitrogen and oxygen atoms in total. The zero-order valence-corrected chi connectivity index (χ0v) is 21.5. The van der Waals surface area contributed by atoms with Crippen LogP contribution in [0.2, 0.25) is 0 Å². The molecule has 2 aliphatic rings. The Balaban J connectivity index is 1.62. The monoisotopic (exact) mass is 483 g/mol. The van der Waals surface area contributed by atoms with Crippen molar-refractivity contribution >= 4 is 26.3 Å². The summed E-state index contributed by atoms with van der Waals surface area (Å²) in [6.07, 6.45) is 9.32. The third-order valence-corrected chi connectivity index (χ3v) is 7.88. The van der Waals surface area contributed by atoms with Gasteiger partial charge in [-0.25, -0.2) is 14.3 Å². The van der Waals surface area contributed by atoms with Crippen LogP contribution in [0.1, 0.15) is 62.3 Å². The smallest absolute Gasteiger partial charge is 0.148 e. The average molecular weight is 484 g/mol. The number of H-pyrrole nitrogens is 1. The number of aromatic amines is 1. The lowest BCUT2D eigenvalue weighted by Crippen LogP contribution is -2.36. The first-order valence-corrected chi connectivity index (χ1v) is 14.1. The summed E-state index contributed by atoms with van der Waals surface area (Å²) in [7, 11) is -2.92. The van der Waals surface area contributed by atoms with E-state index in [1.807, 2.05) is 25.3 Å². The number of fused-ring (bicyclic) bond motifs is 1. The molecule has 0 atom stereocenters. The van der Waals surface area contributed by atoms with Crippen LogP contribution >= 0.6 is 0 Å². The zero-order chi connectivity index (χ0) is 24.6. The normalized spacial score (nSPS) is 19.8. The van der Waals surface area contributed by atoms with Crippen LogP contribution in [0, 0.1) is 0 Å². The number of nitrogens with one attached hydrogen (secondary N) is 1. The van der Waals surface area contributed by atoms with E-state index in [2.05, 4.69) is 41.9 Å². The first-order valence-electron chi connectivity index (χ1n) is 12.0. The van der Waals surface area contributed by atoms with E-state index in [0.717, 1.165) is 48.4 Å². The molecule has 1 aromatic heterocycles. The molecular formula is C26H37N5O2S. The second kappa shape index (κ2) is 9.60. The summed E-state index contributed by atoms with van der Waals surface area (Å²) in [4.78, 5) is 5.93. The first-order chi connectivity index (χ1) is 16.0. The Kier molecular flexibility index (Phi) is 6.94. The molecular weight excluding hydrogens is 446 g/mol. The number of rotatable bonds is 6. The SMILES string of the molecule is C/C(N)=C1\C=C(c2[nH]c3ccc(C4CCN(CCS(C)(=O)=O)CC4)cc3c2C(C)C)C=CN1N. The number of hydrogen-bond acceptors (Lipinski definition) is 6. The molecule has 184 valence electrons. The predicted molar refractivity (Wildman–Crippen MR) is 141 cm³/mol. The predicted octanol–water partition coefficient (Wildman–Crippen LogP) is 3.79. The Bertz CT molecular complexity index is 1260. The standard InChI is InChI=1S/C26H37N5O2S/c1-17(2)25-22-15-20(19-7-10-30(11-8-19)13-14-34(4,32)33)5-6-23(22)29-26(25)21-9-12-31(28)24(16-21)18(3)27/h5-6,9,12,15-17,19,29H,7-8,10-11,13-14,27-28H2,1-4H3/b24-18-. The molecule has 0 spiro atoms. The van der Waals surface area contributed by atoms with Gasteiger partial charge in [0.25, 0.3) is 0 Å². The Morgan fingerprint density at radius 3 is 2.56 bits per heavy atom. The highest BCUT2D eigenvalue weighted by Gasteiger charge is 2.24. The Labute approximate surface area is 203 Å². The molecule has 5 N–H and O–H groups in total. The van der Waals surface area contributed by atoms with Gasteiger partial charge in [-0.15, -0.1) is 0 Å². The minimum absolute atomic E-state index is 0.236. The van der Waals surface area contributed by atoms with Crippen LogP contribution in [0.4, 0.5) is 0 Å². The highest BCUT2D eigenvalue weighted by atomic mass is 32.2. The minimum atomic E-state index is -2.92. The highest BCUT2D eigenvalue weighted by molar-refractivity contribution is 7.90. The van der Waals surface area contributed by atoms with Gasteiger partial charge in [-0.3, -0.25) is 5.01 Å². The third-order valence-electron chi connectivity index (χ3n) is 6.96. The topological polar surface area (TPSA) is 108 Å². The summed E-state index contributed by atoms with van der Waals surface area (Å²) in [5.74, 6) is 7.14. The average Bonchev–Trinajstić information content (AvgIpc) is 3.16. The molecule has 0 bridgehead atoms. The number of nitrogens with two attached hydrogens (primary N) is 2. The molecule has 0 unspecified atom stereocenters. The maximum absolute atomic E-state index is 11.5. The van der Waals surface area contributed by atoms with Gasteiger partial charge in [0.15, 0.2) is 0 Å². The van der Waals surface area contributed by atoms with Crippen LogP contribution in [-0.2, 0) is 9.84 Å². The van der Waals surface area contributed by atoms with Crippen LogP contribution in [0.5, 0.6) is 0 Å². The van der Waals surface area contributed by atoms with E-state index in [-0.39, 0.29) is 5.75 Å². The van der Waals surface area contributed by atoms with E-state index in [9.17, 15) is 8.42 Å². The lowest BCUT2D eigenvalue weighted by molar-refractivity contribution is 0.223. The number of nitrogens with zero attached hydrogens (tertiary/aromatic N) is 2. The maximum atomic E-state index is 11.5. The lowest BCUT2D eigenvalue weighted by Gasteiger charge is -2.32. The summed E-state index contributed by atoms with van der Waals surface area (Å²) in [6, 6.07) is 6.80. The number of piperidine rings is 1. The van der Waals surface area contributed by atoms with Gasteiger partial charge in [-0.1, -0.05) is 19.9 Å². The van der Waals surface area contributed by atoms with Crippen LogP contribution in [-0.4, -0.2) is 55.0 Å². The van der Waals surface area contributed by atoms with E-state index < -0.39 is 9.84 Å². The third kappa shape index (κ3) is 5.24. The van der Waals surface area contributed by atoms with Gasteiger partial charge < -0.3 is 15.6 Å². The molecule has 0 radical (unpaired) electrons. The molecule has 2 aliphatic heterocycles. The van der Waals surface area contributed by atoms with Crippen molar-refractivity contribution in [2.75, 3.05) is 31.6 Å². The van der Waals surface area contributed by atoms with Crippen molar-refractivity contribution in [1.29, 1.82) is 0 Å². The molecule has 1 saturated heterocycles. The quantitative estimate of drug-likeness (QED) is 0.540. The molecule has 3 heterocycles. The second-order valence-corrected chi connectivity index (χ2v) is 12.3. The van der Waals surface area contributed by atoms with Gasteiger partial charge >= 0.3 is 0 Å². The largest absolute Gasteiger partial charge is 0.401 e. The van der Waals surface area contributed by atoms with Gasteiger partial charge in [0.05, 0.1) is 17.1 Å². The fraction of sp³-hybridized carbons (Fsp3) is 0.462. The second-order valence-electron chi connectivity index (χ2n) is 10.0. The Morgan fingerprint density at radius 1 is 1.24 bits per heavy atom. The number of allylic oxidation sites excluding steroid dienone is 4. The zero-order valence-electron chi connectivity index (χ0n) is 20.6. The van der Waals surface area contributed by atoms with E-state index in [4.69, 9.17) is 11.6 Å². The summed E-state index contributed by atoms with van der Waals surface area (Å²) in [5, 5.41) is 2.82. The summed E-state index contributed by atoms with van der Waals surface area (Å²) in [5.41, 5.74) is 13.5.